The zero-order chi connectivity index (χ0) is 19.0. The fraction of sp³-hybridized carbons (Fsp3) is 0.500. The molecule has 0 aliphatic carbocycles. The van der Waals surface area contributed by atoms with Crippen LogP contribution in [0.25, 0.3) is 5.70 Å². The summed E-state index contributed by atoms with van der Waals surface area (Å²) in [5, 5.41) is 1.58. The van der Waals surface area contributed by atoms with E-state index in [2.05, 4.69) is 12.7 Å². The second-order valence-electron chi connectivity index (χ2n) is 5.84. The van der Waals surface area contributed by atoms with Crippen molar-refractivity contribution in [3.63, 3.8) is 0 Å². The smallest absolute Gasteiger partial charge is 0.254 e. The number of allylic oxidation sites excluding steroid dienone is 1. The van der Waals surface area contributed by atoms with E-state index in [1.54, 1.807) is 23.0 Å². The number of rotatable bonds is 4. The molecule has 1 heterocycles. The van der Waals surface area contributed by atoms with Crippen molar-refractivity contribution >= 4 is 17.3 Å². The van der Waals surface area contributed by atoms with Crippen molar-refractivity contribution in [2.24, 2.45) is 11.6 Å². The molecule has 0 bridgehead atoms. The van der Waals surface area contributed by atoms with Gasteiger partial charge in [0.1, 0.15) is 0 Å². The maximum Gasteiger partial charge on any atom is 0.254 e. The Labute approximate surface area is 150 Å². The Kier molecular flexibility index (Phi) is 8.40. The number of hydrogen-bond donors (Lipinski definition) is 3. The lowest BCUT2D eigenvalue weighted by atomic mass is 10.0. The average molecular weight is 349 g/mol. The number of nitrogen functional groups attached to an aromatic ring is 1. The quantitative estimate of drug-likeness (QED) is 0.429. The second kappa shape index (κ2) is 10.0. The van der Waals surface area contributed by atoms with Gasteiger partial charge in [-0.3, -0.25) is 4.79 Å². The molecule has 0 unspecified atom stereocenters. The second-order valence-corrected chi connectivity index (χ2v) is 5.84. The molecule has 6 N–H and O–H groups in total. The van der Waals surface area contributed by atoms with E-state index >= 15 is 0 Å². The topological polar surface area (TPSA) is 111 Å². The van der Waals surface area contributed by atoms with E-state index in [-0.39, 0.29) is 5.91 Å². The summed E-state index contributed by atoms with van der Waals surface area (Å²) in [5.41, 5.74) is 14.6. The lowest BCUT2D eigenvalue weighted by Gasteiger charge is -2.27. The van der Waals surface area contributed by atoms with Crippen LogP contribution in [0.15, 0.2) is 23.8 Å². The molecule has 1 aliphatic heterocycles. The highest BCUT2D eigenvalue weighted by Gasteiger charge is 2.20. The van der Waals surface area contributed by atoms with Crippen LogP contribution in [0.4, 0.5) is 5.69 Å². The van der Waals surface area contributed by atoms with Gasteiger partial charge < -0.3 is 26.1 Å². The molecule has 1 amide bonds. The summed E-state index contributed by atoms with van der Waals surface area (Å²) in [6, 6.07) is 5.44. The van der Waals surface area contributed by atoms with Gasteiger partial charge in [-0.15, -0.1) is 0 Å². The number of amides is 1. The van der Waals surface area contributed by atoms with Crippen molar-refractivity contribution in [2.45, 2.75) is 20.3 Å². The van der Waals surface area contributed by atoms with Gasteiger partial charge in [-0.25, -0.2) is 5.84 Å². The number of benzene rings is 1. The molecule has 1 aromatic carbocycles. The van der Waals surface area contributed by atoms with E-state index in [9.17, 15) is 4.79 Å². The Hall–Kier alpha value is -2.09. The third-order valence-electron chi connectivity index (χ3n) is 4.06. The lowest BCUT2D eigenvalue weighted by Crippen LogP contribution is -2.40. The van der Waals surface area contributed by atoms with Crippen molar-refractivity contribution in [1.82, 2.24) is 9.91 Å². The Morgan fingerprint density at radius 2 is 1.76 bits per heavy atom. The largest absolute Gasteiger partial charge is 0.399 e. The first-order chi connectivity index (χ1) is 11.9. The molecule has 1 aromatic rings. The van der Waals surface area contributed by atoms with Crippen LogP contribution in [0.2, 0.25) is 0 Å². The molecule has 1 aliphatic rings. The Morgan fingerprint density at radius 1 is 1.20 bits per heavy atom. The first-order valence-electron chi connectivity index (χ1n) is 8.48. The van der Waals surface area contributed by atoms with Gasteiger partial charge in [0.05, 0.1) is 18.9 Å². The van der Waals surface area contributed by atoms with Crippen LogP contribution in [0.1, 0.15) is 36.2 Å². The van der Waals surface area contributed by atoms with Crippen molar-refractivity contribution in [1.29, 1.82) is 0 Å². The third kappa shape index (κ3) is 5.45. The molecule has 140 valence electrons. The van der Waals surface area contributed by atoms with Crippen LogP contribution in [0.3, 0.4) is 0 Å². The first-order valence-corrected chi connectivity index (χ1v) is 8.48. The number of nitrogens with two attached hydrogens (primary N) is 3. The predicted molar refractivity (Wildman–Crippen MR) is 103 cm³/mol. The average Bonchev–Trinajstić information content (AvgIpc) is 2.62. The van der Waals surface area contributed by atoms with Crippen molar-refractivity contribution < 1.29 is 9.53 Å². The summed E-state index contributed by atoms with van der Waals surface area (Å²) in [6.45, 7) is 6.47. The molecule has 25 heavy (non-hydrogen) atoms. The lowest BCUT2D eigenvalue weighted by molar-refractivity contribution is 0.0303. The summed E-state index contributed by atoms with van der Waals surface area (Å²) < 4.78 is 5.30. The monoisotopic (exact) mass is 349 g/mol. The van der Waals surface area contributed by atoms with Crippen LogP contribution < -0.4 is 17.3 Å². The summed E-state index contributed by atoms with van der Waals surface area (Å²) >= 11 is 0. The van der Waals surface area contributed by atoms with Gasteiger partial charge in [-0.1, -0.05) is 6.92 Å². The molecule has 0 atom stereocenters. The standard InChI is InChI=1S/C17H26N4O2.CH5N/c1-4-12(2)16(20(3)19)13-9-14(11-15(18)10-13)17(22)21-5-7-23-8-6-21;1-2/h9-11H,4-8,18-19H2,1-3H3;2H2,1H3/b16-12+;. The first kappa shape index (κ1) is 21.0. The number of nitrogens with zero attached hydrogens (tertiary/aromatic N) is 2. The maximum atomic E-state index is 12.7. The van der Waals surface area contributed by atoms with Gasteiger partial charge in [0.15, 0.2) is 0 Å². The number of hydrogen-bond acceptors (Lipinski definition) is 6. The van der Waals surface area contributed by atoms with Crippen molar-refractivity contribution in [2.75, 3.05) is 46.1 Å². The van der Waals surface area contributed by atoms with Gasteiger partial charge in [0.25, 0.3) is 5.91 Å². The van der Waals surface area contributed by atoms with Crippen molar-refractivity contribution in [3.8, 4) is 0 Å². The molecule has 0 saturated carbocycles. The number of carbonyl (C=O) groups is 1. The molecule has 0 spiro atoms. The van der Waals surface area contributed by atoms with E-state index < -0.39 is 0 Å². The number of morpholine rings is 1. The minimum Gasteiger partial charge on any atom is -0.399 e. The zero-order valence-corrected chi connectivity index (χ0v) is 15.7. The predicted octanol–water partition coefficient (Wildman–Crippen LogP) is 1.26. The number of hydrazine groups is 1. The molecule has 0 radical (unpaired) electrons. The number of ether oxygens (including phenoxy) is 1. The molecule has 7 nitrogen and oxygen atoms in total. The molecular weight excluding hydrogens is 318 g/mol. The third-order valence-corrected chi connectivity index (χ3v) is 4.06. The Bertz CT molecular complexity index is 607. The fourth-order valence-corrected chi connectivity index (χ4v) is 2.78. The summed E-state index contributed by atoms with van der Waals surface area (Å²) in [7, 11) is 3.29. The normalized spacial score (nSPS) is 15.0. The molecule has 7 heteroatoms. The van der Waals surface area contributed by atoms with E-state index in [4.69, 9.17) is 16.3 Å². The highest BCUT2D eigenvalue weighted by molar-refractivity contribution is 5.96. The summed E-state index contributed by atoms with van der Waals surface area (Å²) in [5.74, 6) is 5.97. The molecule has 2 rings (SSSR count). The van der Waals surface area contributed by atoms with E-state index in [0.717, 1.165) is 23.3 Å². The van der Waals surface area contributed by atoms with E-state index in [1.807, 2.05) is 19.1 Å². The molecule has 0 aromatic heterocycles. The minimum atomic E-state index is -0.0185. The minimum absolute atomic E-state index is 0.0185. The maximum absolute atomic E-state index is 12.7. The SMILES string of the molecule is CC/C(C)=C(\c1cc(N)cc(C(=O)N2CCOCC2)c1)N(C)N.CN. The summed E-state index contributed by atoms with van der Waals surface area (Å²) in [4.78, 5) is 14.5. The van der Waals surface area contributed by atoms with Crippen LogP contribution in [-0.4, -0.2) is 56.2 Å². The molecular formula is C18H31N5O2. The van der Waals surface area contributed by atoms with E-state index in [0.29, 0.717) is 37.6 Å². The highest BCUT2D eigenvalue weighted by atomic mass is 16.5. The van der Waals surface area contributed by atoms with Gasteiger partial charge in [0.2, 0.25) is 0 Å². The Morgan fingerprint density at radius 3 is 2.28 bits per heavy atom. The Balaban J connectivity index is 0.00000151. The summed E-state index contributed by atoms with van der Waals surface area (Å²) in [6.07, 6.45) is 0.873. The van der Waals surface area contributed by atoms with Gasteiger partial charge >= 0.3 is 0 Å². The molecule has 1 fully saturated rings. The van der Waals surface area contributed by atoms with Crippen LogP contribution in [0, 0.1) is 0 Å². The van der Waals surface area contributed by atoms with Crippen LogP contribution in [-0.2, 0) is 4.74 Å². The zero-order valence-electron chi connectivity index (χ0n) is 15.7. The van der Waals surface area contributed by atoms with Crippen LogP contribution in [0.5, 0.6) is 0 Å². The highest BCUT2D eigenvalue weighted by Crippen LogP contribution is 2.25. The van der Waals surface area contributed by atoms with Crippen LogP contribution >= 0.6 is 0 Å². The van der Waals surface area contributed by atoms with E-state index in [1.165, 1.54) is 7.05 Å². The van der Waals surface area contributed by atoms with Crippen molar-refractivity contribution in [3.05, 3.63) is 34.9 Å². The van der Waals surface area contributed by atoms with Gasteiger partial charge in [0, 0.05) is 37.0 Å². The van der Waals surface area contributed by atoms with Gasteiger partial charge in [-0.2, -0.15) is 0 Å². The number of carbonyl (C=O) groups excluding carboxylic acids is 1. The number of anilines is 1. The molecule has 1 saturated heterocycles. The van der Waals surface area contributed by atoms with Gasteiger partial charge in [-0.05, 0) is 44.2 Å². The fourth-order valence-electron chi connectivity index (χ4n) is 2.78.